The minimum absolute atomic E-state index is 0.845. The van der Waals surface area contributed by atoms with E-state index in [-0.39, 0.29) is 0 Å². The highest BCUT2D eigenvalue weighted by atomic mass is 14.8. The van der Waals surface area contributed by atoms with Gasteiger partial charge in [0.2, 0.25) is 0 Å². The number of aliphatic imine (C=N–C) groups is 2. The Kier molecular flexibility index (Phi) is 4.90. The van der Waals surface area contributed by atoms with Crippen LogP contribution in [0.5, 0.6) is 0 Å². The fourth-order valence-electron chi connectivity index (χ4n) is 0.233. The van der Waals surface area contributed by atoms with Gasteiger partial charge >= 0.3 is 0 Å². The zero-order chi connectivity index (χ0) is 5.54. The number of hydrogen-bond acceptors (Lipinski definition) is 2. The molecule has 0 saturated heterocycles. The van der Waals surface area contributed by atoms with Crippen LogP contribution in [0.4, 0.5) is 0 Å². The molecule has 2 nitrogen and oxygen atoms in total. The summed E-state index contributed by atoms with van der Waals surface area (Å²) < 4.78 is 0. The molecule has 0 bridgehead atoms. The fraction of sp³-hybridized carbons (Fsp3) is 0.800. The zero-order valence-electron chi connectivity index (χ0n) is 4.81. The van der Waals surface area contributed by atoms with Gasteiger partial charge in [-0.05, 0) is 6.42 Å². The zero-order valence-corrected chi connectivity index (χ0v) is 4.81. The lowest BCUT2D eigenvalue weighted by Gasteiger charge is -1.74. The van der Waals surface area contributed by atoms with Crippen molar-refractivity contribution in [2.45, 2.75) is 13.3 Å². The van der Waals surface area contributed by atoms with Gasteiger partial charge in [0.15, 0.2) is 0 Å². The van der Waals surface area contributed by atoms with Crippen LogP contribution in [0.15, 0.2) is 9.98 Å². The molecule has 0 aromatic carbocycles. The second-order valence-corrected chi connectivity index (χ2v) is 1.21. The standard InChI is InChI=1S/C5H10N2/c1-3-4-7-5-6-2/h3-4H2,1-2H3. The summed E-state index contributed by atoms with van der Waals surface area (Å²) in [5.41, 5.74) is 0. The number of nitrogens with zero attached hydrogens (tertiary/aromatic N) is 2. The molecule has 0 amide bonds. The first-order valence-electron chi connectivity index (χ1n) is 2.42. The van der Waals surface area contributed by atoms with E-state index in [1.807, 2.05) is 0 Å². The van der Waals surface area contributed by atoms with Crippen LogP contribution in [0.3, 0.4) is 0 Å². The Hall–Kier alpha value is -0.620. The Balaban J connectivity index is 3.10. The van der Waals surface area contributed by atoms with Crippen LogP contribution in [0.1, 0.15) is 13.3 Å². The quantitative estimate of drug-likeness (QED) is 0.464. The molecule has 0 aliphatic heterocycles. The molecule has 0 spiro atoms. The smallest absolute Gasteiger partial charge is 0.0889 e. The van der Waals surface area contributed by atoms with Crippen LogP contribution < -0.4 is 0 Å². The molecule has 2 heteroatoms. The summed E-state index contributed by atoms with van der Waals surface area (Å²) in [5.74, 6) is 0. The van der Waals surface area contributed by atoms with E-state index < -0.39 is 0 Å². The van der Waals surface area contributed by atoms with E-state index in [4.69, 9.17) is 0 Å². The van der Waals surface area contributed by atoms with Gasteiger partial charge in [-0.15, -0.1) is 0 Å². The Bertz CT molecular complexity index is 80.1. The first kappa shape index (κ1) is 6.38. The maximum Gasteiger partial charge on any atom is 0.0889 e. The van der Waals surface area contributed by atoms with Crippen LogP contribution in [-0.2, 0) is 0 Å². The van der Waals surface area contributed by atoms with Crippen LogP contribution >= 0.6 is 0 Å². The molecule has 0 N–H and O–H groups in total. The molecule has 0 aliphatic carbocycles. The van der Waals surface area contributed by atoms with Crippen molar-refractivity contribution in [2.75, 3.05) is 13.6 Å². The first-order chi connectivity index (χ1) is 3.41. The molecule has 0 aromatic rings. The summed E-state index contributed by atoms with van der Waals surface area (Å²) in [6.45, 7) is 2.91. The molecule has 0 rings (SSSR count). The summed E-state index contributed by atoms with van der Waals surface area (Å²) >= 11 is 0. The third-order valence-corrected chi connectivity index (χ3v) is 0.506. The van der Waals surface area contributed by atoms with E-state index in [0.717, 1.165) is 13.0 Å². The Morgan fingerprint density at radius 3 is 2.71 bits per heavy atom. The normalized spacial score (nSPS) is 7.14. The van der Waals surface area contributed by atoms with Gasteiger partial charge in [0.25, 0.3) is 0 Å². The van der Waals surface area contributed by atoms with E-state index in [1.165, 1.54) is 0 Å². The van der Waals surface area contributed by atoms with Gasteiger partial charge < -0.3 is 0 Å². The van der Waals surface area contributed by atoms with E-state index in [0.29, 0.717) is 0 Å². The van der Waals surface area contributed by atoms with Crippen molar-refractivity contribution in [3.8, 4) is 0 Å². The number of rotatable bonds is 2. The predicted molar refractivity (Wildman–Crippen MR) is 30.9 cm³/mol. The van der Waals surface area contributed by atoms with Gasteiger partial charge in [-0.25, -0.2) is 9.98 Å². The molecule has 0 aromatic heterocycles. The van der Waals surface area contributed by atoms with Crippen molar-refractivity contribution >= 4 is 6.01 Å². The summed E-state index contributed by atoms with van der Waals surface area (Å²) in [6.07, 6.45) is 1.07. The minimum atomic E-state index is 0.845. The van der Waals surface area contributed by atoms with Gasteiger partial charge in [-0.2, -0.15) is 0 Å². The van der Waals surface area contributed by atoms with Crippen molar-refractivity contribution in [3.05, 3.63) is 0 Å². The van der Waals surface area contributed by atoms with E-state index >= 15 is 0 Å². The van der Waals surface area contributed by atoms with Crippen molar-refractivity contribution < 1.29 is 0 Å². The molecular formula is C5H10N2. The minimum Gasteiger partial charge on any atom is -0.229 e. The molecule has 40 valence electrons. The van der Waals surface area contributed by atoms with Gasteiger partial charge in [0.05, 0.1) is 6.01 Å². The lowest BCUT2D eigenvalue weighted by Crippen LogP contribution is -1.70. The second kappa shape index (κ2) is 5.38. The predicted octanol–water partition coefficient (Wildman–Crippen LogP) is 1.20. The molecule has 0 aliphatic rings. The molecule has 0 saturated carbocycles. The molecule has 0 atom stereocenters. The van der Waals surface area contributed by atoms with Gasteiger partial charge in [0, 0.05) is 13.6 Å². The van der Waals surface area contributed by atoms with Crippen molar-refractivity contribution in [1.29, 1.82) is 0 Å². The van der Waals surface area contributed by atoms with Crippen LogP contribution in [0.2, 0.25) is 0 Å². The Morgan fingerprint density at radius 1 is 1.57 bits per heavy atom. The second-order valence-electron chi connectivity index (χ2n) is 1.21. The van der Waals surface area contributed by atoms with Crippen LogP contribution in [-0.4, -0.2) is 19.6 Å². The molecule has 0 radical (unpaired) electrons. The third-order valence-electron chi connectivity index (χ3n) is 0.506. The van der Waals surface area contributed by atoms with E-state index in [2.05, 4.69) is 22.9 Å². The van der Waals surface area contributed by atoms with Crippen molar-refractivity contribution in [1.82, 2.24) is 0 Å². The molecule has 0 heterocycles. The highest BCUT2D eigenvalue weighted by Crippen LogP contribution is 1.71. The monoisotopic (exact) mass is 98.1 g/mol. The van der Waals surface area contributed by atoms with Crippen molar-refractivity contribution in [3.63, 3.8) is 0 Å². The fourth-order valence-corrected chi connectivity index (χ4v) is 0.233. The first-order valence-corrected chi connectivity index (χ1v) is 2.42. The maximum atomic E-state index is 3.79. The highest BCUT2D eigenvalue weighted by molar-refractivity contribution is 5.40. The summed E-state index contributed by atoms with van der Waals surface area (Å²) in [4.78, 5) is 7.35. The topological polar surface area (TPSA) is 24.7 Å². The SMILES string of the molecule is CCCN=C=NC. The van der Waals surface area contributed by atoms with Crippen molar-refractivity contribution in [2.24, 2.45) is 9.98 Å². The third kappa shape index (κ3) is 5.38. The largest absolute Gasteiger partial charge is 0.229 e. The Morgan fingerprint density at radius 2 is 2.29 bits per heavy atom. The average Bonchev–Trinajstić information content (AvgIpc) is 1.69. The van der Waals surface area contributed by atoms with Crippen LogP contribution in [0.25, 0.3) is 0 Å². The average molecular weight is 98.1 g/mol. The van der Waals surface area contributed by atoms with Crippen LogP contribution in [0, 0.1) is 0 Å². The lowest BCUT2D eigenvalue weighted by atomic mass is 10.5. The summed E-state index contributed by atoms with van der Waals surface area (Å²) in [6, 6.07) is 2.50. The Labute approximate surface area is 44.0 Å². The van der Waals surface area contributed by atoms with Gasteiger partial charge in [0.1, 0.15) is 0 Å². The highest BCUT2D eigenvalue weighted by Gasteiger charge is 1.65. The molecular weight excluding hydrogens is 88.1 g/mol. The summed E-state index contributed by atoms with van der Waals surface area (Å²) in [5, 5.41) is 0. The lowest BCUT2D eigenvalue weighted by molar-refractivity contribution is 0.937. The number of hydrogen-bond donors (Lipinski definition) is 0. The van der Waals surface area contributed by atoms with Gasteiger partial charge in [-0.3, -0.25) is 0 Å². The maximum absolute atomic E-state index is 3.79. The molecule has 0 fully saturated rings. The molecule has 0 unspecified atom stereocenters. The van der Waals surface area contributed by atoms with E-state index in [1.54, 1.807) is 7.05 Å². The van der Waals surface area contributed by atoms with Gasteiger partial charge in [-0.1, -0.05) is 6.92 Å². The summed E-state index contributed by atoms with van der Waals surface area (Å²) in [7, 11) is 1.67. The molecule has 7 heavy (non-hydrogen) atoms. The van der Waals surface area contributed by atoms with E-state index in [9.17, 15) is 0 Å².